The molecule has 1 N–H and O–H groups in total. The van der Waals surface area contributed by atoms with Crippen LogP contribution in [0.3, 0.4) is 0 Å². The van der Waals surface area contributed by atoms with Crippen LogP contribution >= 0.6 is 0 Å². The van der Waals surface area contributed by atoms with E-state index in [-0.39, 0.29) is 23.1 Å². The zero-order chi connectivity index (χ0) is 14.6. The summed E-state index contributed by atoms with van der Waals surface area (Å²) in [6, 6.07) is 9.72. The standard InChI is InChI=1S/C14H15NO4S/c1-11-13(7-9-19-11)14(16)15-8-10-20(17,18)12-5-3-2-4-6-12/h2-7,9H,8,10H2,1H3,(H,15,16). The van der Waals surface area contributed by atoms with Crippen molar-refractivity contribution < 1.29 is 17.6 Å². The lowest BCUT2D eigenvalue weighted by Gasteiger charge is -2.06. The van der Waals surface area contributed by atoms with Crippen molar-refractivity contribution in [3.63, 3.8) is 0 Å². The highest BCUT2D eigenvalue weighted by atomic mass is 32.2. The molecule has 1 amide bonds. The molecule has 2 aromatic rings. The van der Waals surface area contributed by atoms with Gasteiger partial charge in [-0.05, 0) is 25.1 Å². The quantitative estimate of drug-likeness (QED) is 0.912. The third-order valence-corrected chi connectivity index (χ3v) is 4.59. The van der Waals surface area contributed by atoms with Gasteiger partial charge in [0.1, 0.15) is 5.76 Å². The monoisotopic (exact) mass is 293 g/mol. The number of hydrogen-bond acceptors (Lipinski definition) is 4. The second-order valence-electron chi connectivity index (χ2n) is 4.28. The number of aryl methyl sites for hydroxylation is 1. The fraction of sp³-hybridized carbons (Fsp3) is 0.214. The summed E-state index contributed by atoms with van der Waals surface area (Å²) in [5.41, 5.74) is 0.419. The first-order valence-electron chi connectivity index (χ1n) is 6.11. The van der Waals surface area contributed by atoms with E-state index in [0.29, 0.717) is 11.3 Å². The summed E-state index contributed by atoms with van der Waals surface area (Å²) in [4.78, 5) is 12.0. The Morgan fingerprint density at radius 2 is 1.90 bits per heavy atom. The van der Waals surface area contributed by atoms with Gasteiger partial charge < -0.3 is 9.73 Å². The summed E-state index contributed by atoms with van der Waals surface area (Å²) < 4.78 is 29.0. The largest absolute Gasteiger partial charge is 0.469 e. The highest BCUT2D eigenvalue weighted by molar-refractivity contribution is 7.91. The van der Waals surface area contributed by atoms with Gasteiger partial charge in [-0.15, -0.1) is 0 Å². The van der Waals surface area contributed by atoms with Gasteiger partial charge in [-0.3, -0.25) is 4.79 Å². The predicted octanol–water partition coefficient (Wildman–Crippen LogP) is 1.79. The van der Waals surface area contributed by atoms with Crippen molar-refractivity contribution in [1.29, 1.82) is 0 Å². The molecule has 0 aliphatic rings. The third-order valence-electron chi connectivity index (χ3n) is 2.86. The normalized spacial score (nSPS) is 11.2. The molecule has 0 fully saturated rings. The molecule has 0 saturated carbocycles. The highest BCUT2D eigenvalue weighted by Gasteiger charge is 2.15. The molecule has 0 unspecified atom stereocenters. The van der Waals surface area contributed by atoms with Gasteiger partial charge in [0.2, 0.25) is 0 Å². The molecule has 0 atom stereocenters. The van der Waals surface area contributed by atoms with Crippen LogP contribution in [0.2, 0.25) is 0 Å². The van der Waals surface area contributed by atoms with E-state index < -0.39 is 9.84 Å². The molecule has 1 aromatic carbocycles. The summed E-state index contributed by atoms with van der Waals surface area (Å²) in [6.07, 6.45) is 1.42. The summed E-state index contributed by atoms with van der Waals surface area (Å²) >= 11 is 0. The van der Waals surface area contributed by atoms with Crippen LogP contribution in [0.25, 0.3) is 0 Å². The third kappa shape index (κ3) is 3.27. The summed E-state index contributed by atoms with van der Waals surface area (Å²) in [7, 11) is -3.37. The molecule has 1 heterocycles. The van der Waals surface area contributed by atoms with E-state index in [4.69, 9.17) is 4.42 Å². The number of benzene rings is 1. The van der Waals surface area contributed by atoms with Crippen LogP contribution in [0.5, 0.6) is 0 Å². The van der Waals surface area contributed by atoms with Crippen LogP contribution in [0.15, 0.2) is 52.0 Å². The van der Waals surface area contributed by atoms with Crippen LogP contribution in [-0.4, -0.2) is 26.6 Å². The number of amides is 1. The van der Waals surface area contributed by atoms with Crippen molar-refractivity contribution in [3.05, 3.63) is 54.0 Å². The van der Waals surface area contributed by atoms with E-state index in [1.807, 2.05) is 0 Å². The predicted molar refractivity (Wildman–Crippen MR) is 74.3 cm³/mol. The van der Waals surface area contributed by atoms with Crippen molar-refractivity contribution in [2.24, 2.45) is 0 Å². The van der Waals surface area contributed by atoms with Gasteiger partial charge in [-0.25, -0.2) is 8.42 Å². The maximum absolute atomic E-state index is 12.0. The number of carbonyl (C=O) groups excluding carboxylic acids is 1. The van der Waals surface area contributed by atoms with Gasteiger partial charge >= 0.3 is 0 Å². The number of furan rings is 1. The molecule has 20 heavy (non-hydrogen) atoms. The minimum absolute atomic E-state index is 0.0562. The molecule has 0 bridgehead atoms. The number of carbonyl (C=O) groups is 1. The van der Waals surface area contributed by atoms with Crippen molar-refractivity contribution in [3.8, 4) is 0 Å². The lowest BCUT2D eigenvalue weighted by Crippen LogP contribution is -2.29. The molecule has 0 spiro atoms. The lowest BCUT2D eigenvalue weighted by molar-refractivity contribution is 0.0954. The van der Waals surface area contributed by atoms with Crippen molar-refractivity contribution in [2.75, 3.05) is 12.3 Å². The Balaban J connectivity index is 1.94. The molecule has 0 radical (unpaired) electrons. The second-order valence-corrected chi connectivity index (χ2v) is 6.39. The molecule has 1 aromatic heterocycles. The zero-order valence-electron chi connectivity index (χ0n) is 11.0. The fourth-order valence-corrected chi connectivity index (χ4v) is 2.94. The van der Waals surface area contributed by atoms with E-state index in [1.54, 1.807) is 31.2 Å². The minimum Gasteiger partial charge on any atom is -0.469 e. The fourth-order valence-electron chi connectivity index (χ4n) is 1.76. The maximum Gasteiger partial charge on any atom is 0.254 e. The smallest absolute Gasteiger partial charge is 0.254 e. The molecular weight excluding hydrogens is 278 g/mol. The summed E-state index contributed by atoms with van der Waals surface area (Å²) in [5, 5.41) is 2.57. The summed E-state index contributed by atoms with van der Waals surface area (Å²) in [5.74, 6) is 0.0348. The van der Waals surface area contributed by atoms with Gasteiger partial charge in [-0.2, -0.15) is 0 Å². The molecule has 106 valence electrons. The Kier molecular flexibility index (Phi) is 4.24. The van der Waals surface area contributed by atoms with Gasteiger partial charge in [-0.1, -0.05) is 18.2 Å². The second kappa shape index (κ2) is 5.92. The maximum atomic E-state index is 12.0. The van der Waals surface area contributed by atoms with E-state index >= 15 is 0 Å². The average molecular weight is 293 g/mol. The minimum atomic E-state index is -3.37. The van der Waals surface area contributed by atoms with Gasteiger partial charge in [0.05, 0.1) is 22.5 Å². The van der Waals surface area contributed by atoms with Crippen molar-refractivity contribution in [2.45, 2.75) is 11.8 Å². The average Bonchev–Trinajstić information content (AvgIpc) is 2.86. The Morgan fingerprint density at radius 3 is 2.50 bits per heavy atom. The highest BCUT2D eigenvalue weighted by Crippen LogP contribution is 2.10. The molecule has 0 aliphatic carbocycles. The Labute approximate surface area is 117 Å². The SMILES string of the molecule is Cc1occc1C(=O)NCCS(=O)(=O)c1ccccc1. The Hall–Kier alpha value is -2.08. The molecule has 6 heteroatoms. The number of sulfone groups is 1. The van der Waals surface area contributed by atoms with Crippen LogP contribution in [0.4, 0.5) is 0 Å². The first-order chi connectivity index (χ1) is 9.50. The van der Waals surface area contributed by atoms with Crippen LogP contribution in [0.1, 0.15) is 16.1 Å². The molecule has 0 aliphatic heterocycles. The van der Waals surface area contributed by atoms with Crippen molar-refractivity contribution in [1.82, 2.24) is 5.32 Å². The van der Waals surface area contributed by atoms with Gasteiger partial charge in [0, 0.05) is 6.54 Å². The number of hydrogen-bond donors (Lipinski definition) is 1. The Morgan fingerprint density at radius 1 is 1.20 bits per heavy atom. The lowest BCUT2D eigenvalue weighted by atomic mass is 10.2. The molecular formula is C14H15NO4S. The van der Waals surface area contributed by atoms with Gasteiger partial charge in [0.15, 0.2) is 9.84 Å². The zero-order valence-corrected chi connectivity index (χ0v) is 11.8. The van der Waals surface area contributed by atoms with E-state index in [9.17, 15) is 13.2 Å². The molecule has 2 rings (SSSR count). The van der Waals surface area contributed by atoms with Gasteiger partial charge in [0.25, 0.3) is 5.91 Å². The summed E-state index contributed by atoms with van der Waals surface area (Å²) in [6.45, 7) is 1.73. The number of rotatable bonds is 5. The molecule has 5 nitrogen and oxygen atoms in total. The first-order valence-corrected chi connectivity index (χ1v) is 7.76. The van der Waals surface area contributed by atoms with Crippen LogP contribution < -0.4 is 5.32 Å². The van der Waals surface area contributed by atoms with Crippen LogP contribution in [0, 0.1) is 6.92 Å². The van der Waals surface area contributed by atoms with E-state index in [1.165, 1.54) is 18.4 Å². The van der Waals surface area contributed by atoms with Crippen LogP contribution in [-0.2, 0) is 9.84 Å². The first kappa shape index (κ1) is 14.3. The van der Waals surface area contributed by atoms with E-state index in [2.05, 4.69) is 5.32 Å². The topological polar surface area (TPSA) is 76.4 Å². The molecule has 0 saturated heterocycles. The number of nitrogens with one attached hydrogen (secondary N) is 1. The van der Waals surface area contributed by atoms with E-state index in [0.717, 1.165) is 0 Å². The Bertz CT molecular complexity index is 689. The van der Waals surface area contributed by atoms with Crippen molar-refractivity contribution >= 4 is 15.7 Å².